The summed E-state index contributed by atoms with van der Waals surface area (Å²) in [7, 11) is 0. The number of rotatable bonds is 1. The topological polar surface area (TPSA) is 38.7 Å². The molecule has 1 unspecified atom stereocenters. The van der Waals surface area contributed by atoms with Crippen molar-refractivity contribution in [3.63, 3.8) is 0 Å². The Labute approximate surface area is 108 Å². The number of nitrogens with zero attached hydrogens (tertiary/aromatic N) is 3. The van der Waals surface area contributed by atoms with Gasteiger partial charge in [0, 0.05) is 12.1 Å². The minimum atomic E-state index is 0.319. The molecule has 0 radical (unpaired) electrons. The van der Waals surface area contributed by atoms with Crippen molar-refractivity contribution >= 4 is 15.9 Å². The van der Waals surface area contributed by atoms with E-state index in [2.05, 4.69) is 36.9 Å². The first-order chi connectivity index (χ1) is 8.34. The van der Waals surface area contributed by atoms with Crippen molar-refractivity contribution in [2.24, 2.45) is 0 Å². The Bertz CT molecular complexity index is 542. The van der Waals surface area contributed by atoms with E-state index in [1.165, 1.54) is 17.7 Å². The molecule has 0 amide bonds. The largest absolute Gasteiger partial charge is 0.260 e. The van der Waals surface area contributed by atoms with Gasteiger partial charge in [-0.25, -0.2) is 9.97 Å². The number of aromatic nitrogens is 3. The Kier molecular flexibility index (Phi) is 2.89. The van der Waals surface area contributed by atoms with Crippen LogP contribution in [0.1, 0.15) is 35.7 Å². The number of aryl methyl sites for hydroxylation is 1. The molecule has 4 heteroatoms. The number of fused-ring (bicyclic) bond motifs is 1. The number of halogens is 1. The molecular weight excluding hydrogens is 278 g/mol. The molecule has 1 aliphatic rings. The van der Waals surface area contributed by atoms with Gasteiger partial charge in [0.25, 0.3) is 0 Å². The fourth-order valence-corrected chi connectivity index (χ4v) is 2.76. The van der Waals surface area contributed by atoms with Crippen molar-refractivity contribution in [3.05, 3.63) is 52.3 Å². The predicted molar refractivity (Wildman–Crippen MR) is 68.8 cm³/mol. The third-order valence-electron chi connectivity index (χ3n) is 3.21. The second-order valence-electron chi connectivity index (χ2n) is 4.26. The first kappa shape index (κ1) is 10.8. The van der Waals surface area contributed by atoms with E-state index < -0.39 is 0 Å². The van der Waals surface area contributed by atoms with Gasteiger partial charge in [-0.15, -0.1) is 0 Å². The molecule has 0 aromatic carbocycles. The van der Waals surface area contributed by atoms with Crippen LogP contribution < -0.4 is 0 Å². The molecular formula is C13H12BrN3. The van der Waals surface area contributed by atoms with E-state index in [1.807, 2.05) is 18.3 Å². The van der Waals surface area contributed by atoms with E-state index in [1.54, 1.807) is 6.33 Å². The smallest absolute Gasteiger partial charge is 0.116 e. The van der Waals surface area contributed by atoms with Crippen LogP contribution in [-0.2, 0) is 6.42 Å². The molecule has 3 rings (SSSR count). The van der Waals surface area contributed by atoms with Crippen molar-refractivity contribution < 1.29 is 0 Å². The summed E-state index contributed by atoms with van der Waals surface area (Å²) in [6, 6.07) is 6.18. The van der Waals surface area contributed by atoms with Crippen LogP contribution in [0.5, 0.6) is 0 Å². The molecule has 0 spiro atoms. The van der Waals surface area contributed by atoms with Crippen LogP contribution in [0.2, 0.25) is 0 Å². The second-order valence-corrected chi connectivity index (χ2v) is 5.07. The fourth-order valence-electron chi connectivity index (χ4n) is 2.44. The van der Waals surface area contributed by atoms with E-state index >= 15 is 0 Å². The third-order valence-corrected chi connectivity index (χ3v) is 3.64. The van der Waals surface area contributed by atoms with Crippen LogP contribution in [0, 0.1) is 0 Å². The number of hydrogen-bond acceptors (Lipinski definition) is 3. The zero-order valence-electron chi connectivity index (χ0n) is 9.31. The lowest BCUT2D eigenvalue weighted by Gasteiger charge is -2.23. The van der Waals surface area contributed by atoms with Crippen molar-refractivity contribution in [2.75, 3.05) is 0 Å². The van der Waals surface area contributed by atoms with Crippen molar-refractivity contribution in [1.29, 1.82) is 0 Å². The summed E-state index contributed by atoms with van der Waals surface area (Å²) >= 11 is 3.40. The second kappa shape index (κ2) is 4.53. The summed E-state index contributed by atoms with van der Waals surface area (Å²) in [4.78, 5) is 13.0. The quantitative estimate of drug-likeness (QED) is 0.757. The molecule has 0 N–H and O–H groups in total. The maximum absolute atomic E-state index is 4.53. The molecule has 86 valence electrons. The van der Waals surface area contributed by atoms with Gasteiger partial charge in [-0.05, 0) is 52.9 Å². The zero-order valence-corrected chi connectivity index (χ0v) is 10.9. The average Bonchev–Trinajstić information content (AvgIpc) is 2.38. The third kappa shape index (κ3) is 2.09. The van der Waals surface area contributed by atoms with Gasteiger partial charge in [0.15, 0.2) is 0 Å². The molecule has 1 atom stereocenters. The Morgan fingerprint density at radius 1 is 1.24 bits per heavy atom. The van der Waals surface area contributed by atoms with Gasteiger partial charge in [0.1, 0.15) is 10.9 Å². The minimum Gasteiger partial charge on any atom is -0.260 e. The predicted octanol–water partition coefficient (Wildman–Crippen LogP) is 3.10. The van der Waals surface area contributed by atoms with Crippen molar-refractivity contribution in [1.82, 2.24) is 15.0 Å². The van der Waals surface area contributed by atoms with Crippen molar-refractivity contribution in [2.45, 2.75) is 25.2 Å². The number of hydrogen-bond donors (Lipinski definition) is 0. The molecule has 0 aliphatic heterocycles. The highest BCUT2D eigenvalue weighted by Gasteiger charge is 2.23. The highest BCUT2D eigenvalue weighted by Crippen LogP contribution is 2.34. The summed E-state index contributed by atoms with van der Waals surface area (Å²) in [5, 5.41) is 0. The normalized spacial score (nSPS) is 18.8. The molecule has 0 saturated heterocycles. The summed E-state index contributed by atoms with van der Waals surface area (Å²) in [5.41, 5.74) is 3.61. The van der Waals surface area contributed by atoms with Gasteiger partial charge < -0.3 is 0 Å². The summed E-state index contributed by atoms with van der Waals surface area (Å²) in [6.45, 7) is 0. The summed E-state index contributed by atoms with van der Waals surface area (Å²) in [5.74, 6) is 0.319. The summed E-state index contributed by atoms with van der Waals surface area (Å²) < 4.78 is 0.838. The molecule has 0 fully saturated rings. The maximum Gasteiger partial charge on any atom is 0.116 e. The fraction of sp³-hybridized carbons (Fsp3) is 0.308. The molecule has 2 heterocycles. The van der Waals surface area contributed by atoms with Gasteiger partial charge in [-0.3, -0.25) is 4.98 Å². The Hall–Kier alpha value is -1.29. The SMILES string of the molecule is Brc1cc(C2CCCc3cccnc32)ncn1. The first-order valence-electron chi connectivity index (χ1n) is 5.76. The van der Waals surface area contributed by atoms with Crippen molar-refractivity contribution in [3.8, 4) is 0 Å². The van der Waals surface area contributed by atoms with E-state index in [0.717, 1.165) is 23.1 Å². The Morgan fingerprint density at radius 2 is 2.18 bits per heavy atom. The van der Waals surface area contributed by atoms with E-state index in [9.17, 15) is 0 Å². The van der Waals surface area contributed by atoms with Crippen LogP contribution in [0.3, 0.4) is 0 Å². The maximum atomic E-state index is 4.53. The molecule has 2 aromatic heterocycles. The average molecular weight is 290 g/mol. The summed E-state index contributed by atoms with van der Waals surface area (Å²) in [6.07, 6.45) is 6.92. The van der Waals surface area contributed by atoms with Gasteiger partial charge in [0.2, 0.25) is 0 Å². The first-order valence-corrected chi connectivity index (χ1v) is 6.55. The van der Waals surface area contributed by atoms with Gasteiger partial charge in [0.05, 0.1) is 11.4 Å². The van der Waals surface area contributed by atoms with Crippen LogP contribution >= 0.6 is 15.9 Å². The lowest BCUT2D eigenvalue weighted by atomic mass is 9.84. The lowest BCUT2D eigenvalue weighted by molar-refractivity contribution is 0.586. The Morgan fingerprint density at radius 3 is 3.06 bits per heavy atom. The van der Waals surface area contributed by atoms with Crippen LogP contribution in [-0.4, -0.2) is 15.0 Å². The molecule has 3 nitrogen and oxygen atoms in total. The Balaban J connectivity index is 2.06. The lowest BCUT2D eigenvalue weighted by Crippen LogP contribution is -2.14. The highest BCUT2D eigenvalue weighted by molar-refractivity contribution is 9.10. The van der Waals surface area contributed by atoms with Gasteiger partial charge in [-0.2, -0.15) is 0 Å². The van der Waals surface area contributed by atoms with Gasteiger partial charge >= 0.3 is 0 Å². The van der Waals surface area contributed by atoms with E-state index in [0.29, 0.717) is 5.92 Å². The molecule has 0 bridgehead atoms. The molecule has 2 aromatic rings. The van der Waals surface area contributed by atoms with Crippen LogP contribution in [0.15, 0.2) is 35.3 Å². The molecule has 0 saturated carbocycles. The van der Waals surface area contributed by atoms with Crippen LogP contribution in [0.25, 0.3) is 0 Å². The van der Waals surface area contributed by atoms with Crippen LogP contribution in [0.4, 0.5) is 0 Å². The van der Waals surface area contributed by atoms with E-state index in [4.69, 9.17) is 0 Å². The standard InChI is InChI=1S/C13H12BrN3/c14-12-7-11(16-8-17-12)10-5-1-3-9-4-2-6-15-13(9)10/h2,4,6-8,10H,1,3,5H2. The molecule has 17 heavy (non-hydrogen) atoms. The minimum absolute atomic E-state index is 0.319. The number of pyridine rings is 1. The van der Waals surface area contributed by atoms with E-state index in [-0.39, 0.29) is 0 Å². The highest BCUT2D eigenvalue weighted by atomic mass is 79.9. The monoisotopic (exact) mass is 289 g/mol. The van der Waals surface area contributed by atoms with Gasteiger partial charge in [-0.1, -0.05) is 6.07 Å². The molecule has 1 aliphatic carbocycles. The zero-order chi connectivity index (χ0) is 11.7.